The van der Waals surface area contributed by atoms with E-state index < -0.39 is 16.1 Å². The number of rotatable bonds is 7. The molecule has 3 N–H and O–H groups in total. The summed E-state index contributed by atoms with van der Waals surface area (Å²) < 4.78 is 36.8. The normalized spacial score (nSPS) is 14.6. The van der Waals surface area contributed by atoms with E-state index in [2.05, 4.69) is 41.4 Å². The maximum atomic E-state index is 13.1. The number of methoxy groups -OCH3 is 1. The fraction of sp³-hybridized carbons (Fsp3) is 0.115. The molecule has 0 aliphatic carbocycles. The Morgan fingerprint density at radius 2 is 1.76 bits per heavy atom. The van der Waals surface area contributed by atoms with Crippen LogP contribution < -0.4 is 20.1 Å². The van der Waals surface area contributed by atoms with Gasteiger partial charge in [0.25, 0.3) is 16.0 Å². The van der Waals surface area contributed by atoms with Crippen molar-refractivity contribution in [3.8, 4) is 5.75 Å². The summed E-state index contributed by atoms with van der Waals surface area (Å²) in [5.41, 5.74) is 3.03. The predicted octanol–water partition coefficient (Wildman–Crippen LogP) is 4.86. The van der Waals surface area contributed by atoms with Crippen LogP contribution in [0.25, 0.3) is 5.70 Å². The fourth-order valence-electron chi connectivity index (χ4n) is 4.07. The minimum absolute atomic E-state index is 0.00212. The number of anilines is 3. The van der Waals surface area contributed by atoms with Gasteiger partial charge in [-0.2, -0.15) is 4.98 Å². The Hall–Kier alpha value is -4.16. The number of benzene rings is 3. The highest BCUT2D eigenvalue weighted by atomic mass is 79.9. The van der Waals surface area contributed by atoms with Crippen molar-refractivity contribution in [3.63, 3.8) is 0 Å². The van der Waals surface area contributed by atoms with E-state index in [1.54, 1.807) is 11.8 Å². The van der Waals surface area contributed by atoms with Crippen molar-refractivity contribution >= 4 is 55.1 Å². The SMILES string of the molecule is COc1ccccc1[C@H]1C=C(c2ccc(Br)cc2)Nc2nc(NS(=O)(=O)c3ccc(NC(C)=O)cc3)nn21. The largest absolute Gasteiger partial charge is 0.496 e. The summed E-state index contributed by atoms with van der Waals surface area (Å²) in [5, 5.41) is 10.4. The summed E-state index contributed by atoms with van der Waals surface area (Å²) >= 11 is 3.46. The second kappa shape index (κ2) is 10.3. The zero-order chi connectivity index (χ0) is 26.9. The highest BCUT2D eigenvalue weighted by Crippen LogP contribution is 2.37. The maximum Gasteiger partial charge on any atom is 0.264 e. The van der Waals surface area contributed by atoms with Gasteiger partial charge in [-0.1, -0.05) is 46.3 Å². The van der Waals surface area contributed by atoms with Crippen LogP contribution in [0.1, 0.15) is 24.1 Å². The van der Waals surface area contributed by atoms with Crippen molar-refractivity contribution in [2.75, 3.05) is 22.5 Å². The van der Waals surface area contributed by atoms with Gasteiger partial charge in [-0.25, -0.2) is 17.8 Å². The number of hydrogen-bond acceptors (Lipinski definition) is 7. The molecule has 1 amide bonds. The van der Waals surface area contributed by atoms with Crippen LogP contribution in [-0.2, 0) is 14.8 Å². The number of aromatic nitrogens is 3. The molecule has 0 radical (unpaired) electrons. The molecule has 12 heteroatoms. The lowest BCUT2D eigenvalue weighted by molar-refractivity contribution is -0.114. The molecule has 4 aromatic rings. The number of allylic oxidation sites excluding steroid dienone is 1. The van der Waals surface area contributed by atoms with E-state index in [1.807, 2.05) is 54.6 Å². The predicted molar refractivity (Wildman–Crippen MR) is 148 cm³/mol. The topological polar surface area (TPSA) is 127 Å². The minimum Gasteiger partial charge on any atom is -0.496 e. The molecule has 38 heavy (non-hydrogen) atoms. The Morgan fingerprint density at radius 3 is 2.45 bits per heavy atom. The number of hydrogen-bond donors (Lipinski definition) is 3. The van der Waals surface area contributed by atoms with Crippen molar-refractivity contribution in [2.24, 2.45) is 0 Å². The van der Waals surface area contributed by atoms with Crippen molar-refractivity contribution < 1.29 is 17.9 Å². The molecule has 0 unspecified atom stereocenters. The van der Waals surface area contributed by atoms with Crippen LogP contribution in [0.2, 0.25) is 0 Å². The number of amides is 1. The Kier molecular flexibility index (Phi) is 6.91. The lowest BCUT2D eigenvalue weighted by Gasteiger charge is -2.25. The van der Waals surface area contributed by atoms with E-state index in [9.17, 15) is 13.2 Å². The average Bonchev–Trinajstić information content (AvgIpc) is 3.30. The van der Waals surface area contributed by atoms with Gasteiger partial charge in [0, 0.05) is 28.3 Å². The molecule has 1 aliphatic rings. The Labute approximate surface area is 227 Å². The summed E-state index contributed by atoms with van der Waals surface area (Å²) in [4.78, 5) is 15.7. The minimum atomic E-state index is -4.00. The van der Waals surface area contributed by atoms with E-state index in [0.717, 1.165) is 21.3 Å². The van der Waals surface area contributed by atoms with E-state index in [1.165, 1.54) is 31.2 Å². The summed E-state index contributed by atoms with van der Waals surface area (Å²) in [6, 6.07) is 20.7. The van der Waals surface area contributed by atoms with E-state index in [4.69, 9.17) is 4.74 Å². The first-order valence-electron chi connectivity index (χ1n) is 11.5. The van der Waals surface area contributed by atoms with E-state index in [-0.39, 0.29) is 16.8 Å². The number of carbonyl (C=O) groups is 1. The number of nitrogens with one attached hydrogen (secondary N) is 3. The molecule has 0 spiro atoms. The van der Waals surface area contributed by atoms with Gasteiger partial charge in [-0.15, -0.1) is 5.10 Å². The summed E-state index contributed by atoms with van der Waals surface area (Å²) in [6.07, 6.45) is 1.99. The molecule has 194 valence electrons. The van der Waals surface area contributed by atoms with Gasteiger partial charge < -0.3 is 15.4 Å². The highest BCUT2D eigenvalue weighted by Gasteiger charge is 2.28. The summed E-state index contributed by atoms with van der Waals surface area (Å²) in [5.74, 6) is 0.678. The Bertz CT molecular complexity index is 1630. The molecular weight excluding hydrogens is 572 g/mol. The molecule has 0 fully saturated rings. The first kappa shape index (κ1) is 25.5. The fourth-order valence-corrected chi connectivity index (χ4v) is 5.27. The number of nitrogens with zero attached hydrogens (tertiary/aromatic N) is 3. The van der Waals surface area contributed by atoms with Crippen LogP contribution in [0.3, 0.4) is 0 Å². The van der Waals surface area contributed by atoms with Crippen molar-refractivity contribution in [1.29, 1.82) is 0 Å². The third-order valence-electron chi connectivity index (χ3n) is 5.79. The van der Waals surface area contributed by atoms with Crippen LogP contribution in [0.4, 0.5) is 17.6 Å². The molecular formula is C26H23BrN6O4S. The molecule has 2 heterocycles. The molecule has 0 bridgehead atoms. The van der Waals surface area contributed by atoms with E-state index in [0.29, 0.717) is 17.4 Å². The van der Waals surface area contributed by atoms with Crippen molar-refractivity contribution in [1.82, 2.24) is 14.8 Å². The first-order chi connectivity index (χ1) is 18.2. The zero-order valence-electron chi connectivity index (χ0n) is 20.3. The number of para-hydroxylation sites is 1. The highest BCUT2D eigenvalue weighted by molar-refractivity contribution is 9.10. The lowest BCUT2D eigenvalue weighted by atomic mass is 10.0. The van der Waals surface area contributed by atoms with Gasteiger partial charge in [0.15, 0.2) is 0 Å². The van der Waals surface area contributed by atoms with Gasteiger partial charge in [0.2, 0.25) is 11.9 Å². The molecule has 0 saturated carbocycles. The molecule has 0 saturated heterocycles. The number of fused-ring (bicyclic) bond motifs is 1. The number of ether oxygens (including phenoxy) is 1. The van der Waals surface area contributed by atoms with Gasteiger partial charge in [0.05, 0.1) is 12.0 Å². The van der Waals surface area contributed by atoms with Crippen LogP contribution in [0.15, 0.2) is 88.2 Å². The van der Waals surface area contributed by atoms with Gasteiger partial charge in [0.1, 0.15) is 11.8 Å². The monoisotopic (exact) mass is 594 g/mol. The molecule has 5 rings (SSSR count). The van der Waals surface area contributed by atoms with Crippen LogP contribution in [0.5, 0.6) is 5.75 Å². The molecule has 3 aromatic carbocycles. The van der Waals surface area contributed by atoms with Crippen LogP contribution in [0, 0.1) is 0 Å². The molecule has 1 aromatic heterocycles. The average molecular weight is 595 g/mol. The van der Waals surface area contributed by atoms with Crippen molar-refractivity contribution in [3.05, 3.63) is 94.5 Å². The number of sulfonamides is 1. The molecule has 10 nitrogen and oxygen atoms in total. The van der Waals surface area contributed by atoms with E-state index >= 15 is 0 Å². The Balaban J connectivity index is 1.50. The summed E-state index contributed by atoms with van der Waals surface area (Å²) in [6.45, 7) is 1.38. The number of halogens is 1. The summed E-state index contributed by atoms with van der Waals surface area (Å²) in [7, 11) is -2.40. The quantitative estimate of drug-likeness (QED) is 0.278. The zero-order valence-corrected chi connectivity index (χ0v) is 22.7. The van der Waals surface area contributed by atoms with Crippen LogP contribution >= 0.6 is 15.9 Å². The van der Waals surface area contributed by atoms with Gasteiger partial charge in [-0.3, -0.25) is 4.79 Å². The third kappa shape index (κ3) is 5.27. The molecule has 1 aliphatic heterocycles. The van der Waals surface area contributed by atoms with Gasteiger partial charge >= 0.3 is 0 Å². The Morgan fingerprint density at radius 1 is 1.05 bits per heavy atom. The molecule has 1 atom stereocenters. The number of carbonyl (C=O) groups excluding carboxylic acids is 1. The van der Waals surface area contributed by atoms with Crippen molar-refractivity contribution in [2.45, 2.75) is 17.9 Å². The lowest BCUT2D eigenvalue weighted by Crippen LogP contribution is -2.21. The van der Waals surface area contributed by atoms with Gasteiger partial charge in [-0.05, 0) is 54.1 Å². The first-order valence-corrected chi connectivity index (χ1v) is 13.8. The third-order valence-corrected chi connectivity index (χ3v) is 7.66. The van der Waals surface area contributed by atoms with Crippen LogP contribution in [-0.4, -0.2) is 36.2 Å². The second-order valence-electron chi connectivity index (χ2n) is 8.41. The second-order valence-corrected chi connectivity index (χ2v) is 11.0. The standard InChI is InChI=1S/C26H23BrN6O4S/c1-16(34)28-19-11-13-20(14-12-19)38(35,36)32-25-30-26-29-22(17-7-9-18(27)10-8-17)15-23(33(26)31-25)21-5-3-4-6-24(21)37-2/h3-15,23H,1-2H3,(H,28,34)(H2,29,30,31,32)/t23-/m1/s1. The maximum absolute atomic E-state index is 13.1. The smallest absolute Gasteiger partial charge is 0.264 e.